The van der Waals surface area contributed by atoms with Crippen molar-refractivity contribution in [2.45, 2.75) is 0 Å². The standard InChI is InChI=1S/C6H6N4/c7-6-3-5-1-2-9-10(5)4-8-6/h1-4H,7H2. The Morgan fingerprint density at radius 3 is 3.30 bits per heavy atom. The van der Waals surface area contributed by atoms with Gasteiger partial charge in [-0.25, -0.2) is 9.50 Å². The highest BCUT2D eigenvalue weighted by Gasteiger charge is 1.91. The van der Waals surface area contributed by atoms with Crippen LogP contribution < -0.4 is 5.73 Å². The lowest BCUT2D eigenvalue weighted by Gasteiger charge is -1.91. The average molecular weight is 134 g/mol. The van der Waals surface area contributed by atoms with Crippen LogP contribution in [0.5, 0.6) is 0 Å². The summed E-state index contributed by atoms with van der Waals surface area (Å²) in [4.78, 5) is 3.86. The van der Waals surface area contributed by atoms with Crippen LogP contribution in [-0.2, 0) is 0 Å². The van der Waals surface area contributed by atoms with E-state index in [2.05, 4.69) is 10.1 Å². The van der Waals surface area contributed by atoms with E-state index < -0.39 is 0 Å². The van der Waals surface area contributed by atoms with Crippen LogP contribution in [0.3, 0.4) is 0 Å². The highest BCUT2D eigenvalue weighted by molar-refractivity contribution is 5.51. The summed E-state index contributed by atoms with van der Waals surface area (Å²) in [7, 11) is 0. The van der Waals surface area contributed by atoms with E-state index in [1.807, 2.05) is 6.07 Å². The molecule has 0 radical (unpaired) electrons. The van der Waals surface area contributed by atoms with Crippen LogP contribution in [0.15, 0.2) is 24.7 Å². The lowest BCUT2D eigenvalue weighted by atomic mass is 10.5. The van der Waals surface area contributed by atoms with Crippen molar-refractivity contribution in [2.24, 2.45) is 0 Å². The largest absolute Gasteiger partial charge is 0.384 e. The summed E-state index contributed by atoms with van der Waals surface area (Å²) >= 11 is 0. The maximum atomic E-state index is 5.43. The van der Waals surface area contributed by atoms with Crippen molar-refractivity contribution in [3.05, 3.63) is 24.7 Å². The normalized spacial score (nSPS) is 10.4. The van der Waals surface area contributed by atoms with Gasteiger partial charge in [0.15, 0.2) is 0 Å². The Hall–Kier alpha value is -1.58. The first-order valence-electron chi connectivity index (χ1n) is 2.91. The third-order valence-electron chi connectivity index (χ3n) is 1.31. The van der Waals surface area contributed by atoms with Gasteiger partial charge in [0.2, 0.25) is 0 Å². The number of nitrogens with two attached hydrogens (primary N) is 1. The molecule has 0 unspecified atom stereocenters. The zero-order valence-electron chi connectivity index (χ0n) is 5.23. The Kier molecular flexibility index (Phi) is 0.887. The van der Waals surface area contributed by atoms with Crippen LogP contribution in [0.4, 0.5) is 5.82 Å². The van der Waals surface area contributed by atoms with Crippen LogP contribution in [0.25, 0.3) is 5.52 Å². The Morgan fingerprint density at radius 1 is 1.50 bits per heavy atom. The number of aromatic nitrogens is 3. The SMILES string of the molecule is Nc1cc2ccnn2cn1. The first-order chi connectivity index (χ1) is 4.86. The summed E-state index contributed by atoms with van der Waals surface area (Å²) in [6.45, 7) is 0. The summed E-state index contributed by atoms with van der Waals surface area (Å²) < 4.78 is 1.66. The Balaban J connectivity index is 2.86. The molecule has 0 fully saturated rings. The molecule has 0 bridgehead atoms. The van der Waals surface area contributed by atoms with E-state index in [9.17, 15) is 0 Å². The topological polar surface area (TPSA) is 56.2 Å². The molecule has 0 aromatic carbocycles. The van der Waals surface area contributed by atoms with Crippen molar-refractivity contribution in [1.29, 1.82) is 0 Å². The first-order valence-corrected chi connectivity index (χ1v) is 2.91. The molecule has 2 aromatic heterocycles. The van der Waals surface area contributed by atoms with Crippen LogP contribution in [0.1, 0.15) is 0 Å². The molecule has 0 saturated heterocycles. The van der Waals surface area contributed by atoms with E-state index >= 15 is 0 Å². The fourth-order valence-corrected chi connectivity index (χ4v) is 0.845. The molecule has 0 atom stereocenters. The molecule has 4 nitrogen and oxygen atoms in total. The number of rotatable bonds is 0. The molecule has 2 aromatic rings. The van der Waals surface area contributed by atoms with Gasteiger partial charge in [0.05, 0.1) is 11.7 Å². The summed E-state index contributed by atoms with van der Waals surface area (Å²) in [6.07, 6.45) is 3.29. The predicted molar refractivity (Wildman–Crippen MR) is 37.4 cm³/mol. The third-order valence-corrected chi connectivity index (χ3v) is 1.31. The average Bonchev–Trinajstić information content (AvgIpc) is 2.33. The number of nitrogens with zero attached hydrogens (tertiary/aromatic N) is 3. The Labute approximate surface area is 57.3 Å². The molecular formula is C6H6N4. The zero-order valence-corrected chi connectivity index (χ0v) is 5.23. The minimum Gasteiger partial charge on any atom is -0.384 e. The highest BCUT2D eigenvalue weighted by atomic mass is 15.2. The molecule has 2 heterocycles. The quantitative estimate of drug-likeness (QED) is 0.564. The van der Waals surface area contributed by atoms with E-state index in [1.165, 1.54) is 0 Å². The van der Waals surface area contributed by atoms with Crippen molar-refractivity contribution in [3.8, 4) is 0 Å². The van der Waals surface area contributed by atoms with Crippen molar-refractivity contribution < 1.29 is 0 Å². The number of hydrogen-bond donors (Lipinski definition) is 1. The Morgan fingerprint density at radius 2 is 2.40 bits per heavy atom. The van der Waals surface area contributed by atoms with E-state index in [-0.39, 0.29) is 0 Å². The van der Waals surface area contributed by atoms with Crippen LogP contribution >= 0.6 is 0 Å². The van der Waals surface area contributed by atoms with Crippen molar-refractivity contribution >= 4 is 11.3 Å². The smallest absolute Gasteiger partial charge is 0.127 e. The van der Waals surface area contributed by atoms with Gasteiger partial charge in [-0.2, -0.15) is 5.10 Å². The summed E-state index contributed by atoms with van der Waals surface area (Å²) in [5.74, 6) is 0.521. The molecule has 10 heavy (non-hydrogen) atoms. The monoisotopic (exact) mass is 134 g/mol. The van der Waals surface area contributed by atoms with Gasteiger partial charge in [-0.05, 0) is 6.07 Å². The second-order valence-electron chi connectivity index (χ2n) is 2.01. The van der Waals surface area contributed by atoms with Gasteiger partial charge in [0.1, 0.15) is 12.1 Å². The molecule has 2 N–H and O–H groups in total. The molecule has 2 rings (SSSR count). The van der Waals surface area contributed by atoms with Crippen LogP contribution in [0.2, 0.25) is 0 Å². The fourth-order valence-electron chi connectivity index (χ4n) is 0.845. The van der Waals surface area contributed by atoms with Crippen LogP contribution in [0, 0.1) is 0 Å². The molecule has 4 heteroatoms. The molecule has 0 aliphatic carbocycles. The molecule has 0 amide bonds. The zero-order chi connectivity index (χ0) is 6.97. The molecule has 0 aliphatic rings. The summed E-state index contributed by atoms with van der Waals surface area (Å²) in [5.41, 5.74) is 6.40. The van der Waals surface area contributed by atoms with Gasteiger partial charge in [0, 0.05) is 6.07 Å². The van der Waals surface area contributed by atoms with Crippen molar-refractivity contribution in [3.63, 3.8) is 0 Å². The fraction of sp³-hybridized carbons (Fsp3) is 0. The number of hydrogen-bond acceptors (Lipinski definition) is 3. The van der Waals surface area contributed by atoms with E-state index in [1.54, 1.807) is 23.1 Å². The maximum Gasteiger partial charge on any atom is 0.127 e. The number of nitrogen functional groups attached to an aromatic ring is 1. The van der Waals surface area contributed by atoms with Crippen molar-refractivity contribution in [2.75, 3.05) is 5.73 Å². The molecule has 0 aliphatic heterocycles. The van der Waals surface area contributed by atoms with Gasteiger partial charge in [0.25, 0.3) is 0 Å². The van der Waals surface area contributed by atoms with Gasteiger partial charge in [-0.1, -0.05) is 0 Å². The molecule has 0 saturated carbocycles. The predicted octanol–water partition coefficient (Wildman–Crippen LogP) is 0.311. The summed E-state index contributed by atoms with van der Waals surface area (Å²) in [5, 5.41) is 3.96. The lowest BCUT2D eigenvalue weighted by Crippen LogP contribution is -1.93. The molecule has 0 spiro atoms. The van der Waals surface area contributed by atoms with Crippen molar-refractivity contribution in [1.82, 2.24) is 14.6 Å². The lowest BCUT2D eigenvalue weighted by molar-refractivity contribution is 0.924. The number of anilines is 1. The number of fused-ring (bicyclic) bond motifs is 1. The first kappa shape index (κ1) is 5.22. The van der Waals surface area contributed by atoms with E-state index in [0.29, 0.717) is 5.82 Å². The molecular weight excluding hydrogens is 128 g/mol. The van der Waals surface area contributed by atoms with E-state index in [0.717, 1.165) is 5.52 Å². The maximum absolute atomic E-state index is 5.43. The minimum atomic E-state index is 0.521. The van der Waals surface area contributed by atoms with E-state index in [4.69, 9.17) is 5.73 Å². The minimum absolute atomic E-state index is 0.521. The van der Waals surface area contributed by atoms with Gasteiger partial charge in [-0.15, -0.1) is 0 Å². The van der Waals surface area contributed by atoms with Gasteiger partial charge >= 0.3 is 0 Å². The molecule has 50 valence electrons. The third kappa shape index (κ3) is 0.621. The second kappa shape index (κ2) is 1.70. The Bertz CT molecular complexity index is 351. The highest BCUT2D eigenvalue weighted by Crippen LogP contribution is 2.02. The summed E-state index contributed by atoms with van der Waals surface area (Å²) in [6, 6.07) is 3.64. The second-order valence-corrected chi connectivity index (χ2v) is 2.01. The van der Waals surface area contributed by atoms with Gasteiger partial charge in [-0.3, -0.25) is 0 Å². The van der Waals surface area contributed by atoms with Gasteiger partial charge < -0.3 is 5.73 Å². The van der Waals surface area contributed by atoms with Crippen LogP contribution in [-0.4, -0.2) is 14.6 Å².